The summed E-state index contributed by atoms with van der Waals surface area (Å²) in [6, 6.07) is 10.3. The number of ether oxygens (including phenoxy) is 1. The van der Waals surface area contributed by atoms with Crippen molar-refractivity contribution in [2.45, 2.75) is 26.8 Å². The zero-order valence-electron chi connectivity index (χ0n) is 21.8. The number of likely N-dealkylation sites (N-methyl/N-ethyl adjacent to an activating group) is 2. The van der Waals surface area contributed by atoms with Gasteiger partial charge in [0.25, 0.3) is 0 Å². The molecular weight excluding hydrogens is 450 g/mol. The first-order valence-electron chi connectivity index (χ1n) is 12.5. The topological polar surface area (TPSA) is 84.5 Å². The first-order valence-corrected chi connectivity index (χ1v) is 12.5. The van der Waals surface area contributed by atoms with E-state index in [9.17, 15) is 0 Å². The van der Waals surface area contributed by atoms with Crippen LogP contribution in [0.4, 0.5) is 23.0 Å². The lowest BCUT2D eigenvalue weighted by atomic mass is 10.0. The predicted octanol–water partition coefficient (Wildman–Crippen LogP) is 4.69. The number of nitrogens with two attached hydrogens (primary N) is 1. The summed E-state index contributed by atoms with van der Waals surface area (Å²) in [5.41, 5.74) is 14.5. The van der Waals surface area contributed by atoms with Crippen molar-refractivity contribution in [3.05, 3.63) is 53.9 Å². The second-order valence-corrected chi connectivity index (χ2v) is 9.73. The van der Waals surface area contributed by atoms with E-state index in [-0.39, 0.29) is 0 Å². The molecule has 0 spiro atoms. The SMILES string of the molecule is CCc1cnc(Nc2cc(N)c(N(C)CCN(C)C)cc2C)nc1-c1cn2c3c(cccc13)OCC2. The van der Waals surface area contributed by atoms with Crippen LogP contribution >= 0.6 is 0 Å². The van der Waals surface area contributed by atoms with E-state index in [2.05, 4.69) is 78.0 Å². The highest BCUT2D eigenvalue weighted by Gasteiger charge is 2.21. The smallest absolute Gasteiger partial charge is 0.227 e. The van der Waals surface area contributed by atoms with E-state index in [0.717, 1.165) is 82.2 Å². The minimum absolute atomic E-state index is 0.557. The molecule has 0 atom stereocenters. The van der Waals surface area contributed by atoms with Gasteiger partial charge in [-0.1, -0.05) is 19.1 Å². The lowest BCUT2D eigenvalue weighted by molar-refractivity contribution is 0.287. The van der Waals surface area contributed by atoms with E-state index >= 15 is 0 Å². The summed E-state index contributed by atoms with van der Waals surface area (Å²) < 4.78 is 8.17. The summed E-state index contributed by atoms with van der Waals surface area (Å²) in [7, 11) is 6.22. The Morgan fingerprint density at radius 2 is 2.00 bits per heavy atom. The maximum absolute atomic E-state index is 6.47. The molecule has 0 saturated heterocycles. The van der Waals surface area contributed by atoms with Gasteiger partial charge in [-0.05, 0) is 56.8 Å². The van der Waals surface area contributed by atoms with Crippen LogP contribution < -0.4 is 20.7 Å². The molecule has 2 aromatic heterocycles. The Balaban J connectivity index is 1.49. The van der Waals surface area contributed by atoms with Crippen LogP contribution in [0.1, 0.15) is 18.1 Å². The third kappa shape index (κ3) is 4.44. The van der Waals surface area contributed by atoms with Crippen LogP contribution in [0, 0.1) is 6.92 Å². The van der Waals surface area contributed by atoms with E-state index in [0.29, 0.717) is 12.6 Å². The van der Waals surface area contributed by atoms with Gasteiger partial charge in [-0.2, -0.15) is 0 Å². The van der Waals surface area contributed by atoms with Gasteiger partial charge in [0.2, 0.25) is 5.95 Å². The monoisotopic (exact) mass is 485 g/mol. The molecule has 8 nitrogen and oxygen atoms in total. The van der Waals surface area contributed by atoms with E-state index in [1.165, 1.54) is 0 Å². The number of rotatable bonds is 8. The zero-order valence-corrected chi connectivity index (χ0v) is 21.8. The molecular formula is C28H35N7O. The van der Waals surface area contributed by atoms with Crippen molar-refractivity contribution in [2.75, 3.05) is 56.8 Å². The van der Waals surface area contributed by atoms with Crippen LogP contribution in [0.5, 0.6) is 5.75 Å². The summed E-state index contributed by atoms with van der Waals surface area (Å²) in [4.78, 5) is 14.0. The normalized spacial score (nSPS) is 12.7. The number of nitrogens with zero attached hydrogens (tertiary/aromatic N) is 5. The predicted molar refractivity (Wildman–Crippen MR) is 149 cm³/mol. The summed E-state index contributed by atoms with van der Waals surface area (Å²) in [6.45, 7) is 7.58. The third-order valence-electron chi connectivity index (χ3n) is 6.87. The van der Waals surface area contributed by atoms with Gasteiger partial charge < -0.3 is 30.2 Å². The number of anilines is 4. The molecule has 0 unspecified atom stereocenters. The van der Waals surface area contributed by atoms with Crippen molar-refractivity contribution in [3.63, 3.8) is 0 Å². The van der Waals surface area contributed by atoms with Crippen LogP contribution in [0.15, 0.2) is 42.7 Å². The molecule has 0 bridgehead atoms. The molecule has 36 heavy (non-hydrogen) atoms. The van der Waals surface area contributed by atoms with Gasteiger partial charge >= 0.3 is 0 Å². The Kier molecular flexibility index (Phi) is 6.45. The number of hydrogen-bond donors (Lipinski definition) is 2. The standard InChI is InChI=1S/C28H35N7O/c1-6-19-16-30-28(31-23-15-22(29)24(14-18(23)2)34(5)11-10-33(3)4)32-26(19)21-17-35-12-13-36-25-9-7-8-20(21)27(25)35/h7-9,14-17H,6,10-13,29H2,1-5H3,(H,30,31,32). The third-order valence-corrected chi connectivity index (χ3v) is 6.87. The molecule has 3 N–H and O–H groups in total. The Hall–Kier alpha value is -3.78. The van der Waals surface area contributed by atoms with E-state index in [1.807, 2.05) is 24.4 Å². The number of aromatic nitrogens is 3. The molecule has 0 radical (unpaired) electrons. The van der Waals surface area contributed by atoms with Gasteiger partial charge in [0, 0.05) is 49.2 Å². The van der Waals surface area contributed by atoms with Crippen LogP contribution in [0.25, 0.3) is 22.2 Å². The molecule has 3 heterocycles. The zero-order chi connectivity index (χ0) is 25.4. The second-order valence-electron chi connectivity index (χ2n) is 9.73. The minimum atomic E-state index is 0.557. The Morgan fingerprint density at radius 3 is 2.78 bits per heavy atom. The van der Waals surface area contributed by atoms with Crippen LogP contribution in [-0.4, -0.2) is 60.3 Å². The number of nitrogen functional groups attached to an aromatic ring is 1. The Labute approximate surface area is 212 Å². The maximum atomic E-state index is 6.47. The van der Waals surface area contributed by atoms with Gasteiger partial charge in [0.05, 0.1) is 29.1 Å². The van der Waals surface area contributed by atoms with E-state index in [1.54, 1.807) is 0 Å². The van der Waals surface area contributed by atoms with Crippen LogP contribution in [0.2, 0.25) is 0 Å². The molecule has 0 fully saturated rings. The molecule has 8 heteroatoms. The highest BCUT2D eigenvalue weighted by molar-refractivity contribution is 5.99. The summed E-state index contributed by atoms with van der Waals surface area (Å²) in [6.07, 6.45) is 4.97. The average molecular weight is 486 g/mol. The largest absolute Gasteiger partial charge is 0.490 e. The molecule has 1 aliphatic heterocycles. The molecule has 2 aromatic carbocycles. The van der Waals surface area contributed by atoms with Crippen molar-refractivity contribution >= 4 is 33.9 Å². The number of aryl methyl sites for hydroxylation is 2. The van der Waals surface area contributed by atoms with E-state index in [4.69, 9.17) is 15.5 Å². The number of hydrogen-bond acceptors (Lipinski definition) is 7. The average Bonchev–Trinajstić information content (AvgIpc) is 3.25. The van der Waals surface area contributed by atoms with Crippen molar-refractivity contribution in [1.29, 1.82) is 0 Å². The fraction of sp³-hybridized carbons (Fsp3) is 0.357. The number of benzene rings is 2. The molecule has 1 aliphatic rings. The van der Waals surface area contributed by atoms with Crippen LogP contribution in [0.3, 0.4) is 0 Å². The Bertz CT molecular complexity index is 1410. The number of nitrogens with one attached hydrogen (secondary N) is 1. The van der Waals surface area contributed by atoms with Crippen molar-refractivity contribution in [3.8, 4) is 17.0 Å². The van der Waals surface area contributed by atoms with Gasteiger partial charge in [-0.25, -0.2) is 9.97 Å². The van der Waals surface area contributed by atoms with Gasteiger partial charge in [0.15, 0.2) is 0 Å². The van der Waals surface area contributed by atoms with Crippen molar-refractivity contribution < 1.29 is 4.74 Å². The highest BCUT2D eigenvalue weighted by Crippen LogP contribution is 2.38. The van der Waals surface area contributed by atoms with Crippen molar-refractivity contribution in [2.24, 2.45) is 0 Å². The quantitative estimate of drug-likeness (QED) is 0.350. The van der Waals surface area contributed by atoms with Crippen LogP contribution in [-0.2, 0) is 13.0 Å². The Morgan fingerprint density at radius 1 is 1.17 bits per heavy atom. The first-order chi connectivity index (χ1) is 17.4. The summed E-state index contributed by atoms with van der Waals surface area (Å²) in [5.74, 6) is 1.48. The first kappa shape index (κ1) is 23.9. The molecule has 0 aliphatic carbocycles. The molecule has 4 aromatic rings. The second kappa shape index (κ2) is 9.70. The fourth-order valence-electron chi connectivity index (χ4n) is 4.79. The molecule has 188 valence electrons. The summed E-state index contributed by atoms with van der Waals surface area (Å²) in [5, 5.41) is 4.57. The molecule has 0 saturated carbocycles. The fourth-order valence-corrected chi connectivity index (χ4v) is 4.79. The molecule has 5 rings (SSSR count). The van der Waals surface area contributed by atoms with Crippen molar-refractivity contribution in [1.82, 2.24) is 19.4 Å². The van der Waals surface area contributed by atoms with Gasteiger partial charge in [-0.3, -0.25) is 0 Å². The highest BCUT2D eigenvalue weighted by atomic mass is 16.5. The minimum Gasteiger partial charge on any atom is -0.490 e. The van der Waals surface area contributed by atoms with E-state index < -0.39 is 0 Å². The maximum Gasteiger partial charge on any atom is 0.227 e. The lowest BCUT2D eigenvalue weighted by Crippen LogP contribution is -2.29. The number of para-hydroxylation sites is 1. The lowest BCUT2D eigenvalue weighted by Gasteiger charge is -2.24. The summed E-state index contributed by atoms with van der Waals surface area (Å²) >= 11 is 0. The van der Waals surface area contributed by atoms with Gasteiger partial charge in [0.1, 0.15) is 12.4 Å². The van der Waals surface area contributed by atoms with Gasteiger partial charge in [-0.15, -0.1) is 0 Å². The molecule has 0 amide bonds.